The van der Waals surface area contributed by atoms with Crippen LogP contribution in [0.2, 0.25) is 5.02 Å². The van der Waals surface area contributed by atoms with Gasteiger partial charge in [0.25, 0.3) is 0 Å². The van der Waals surface area contributed by atoms with Gasteiger partial charge in [-0.15, -0.1) is 0 Å². The fraction of sp³-hybridized carbons (Fsp3) is 0.111. The molecule has 0 aliphatic carbocycles. The van der Waals surface area contributed by atoms with Gasteiger partial charge in [-0.3, -0.25) is 0 Å². The van der Waals surface area contributed by atoms with Crippen molar-refractivity contribution in [3.8, 4) is 29.0 Å². The van der Waals surface area contributed by atoms with Crippen molar-refractivity contribution in [2.45, 2.75) is 6.61 Å². The molecule has 0 spiro atoms. The average molecular weight is 341 g/mol. The Labute approximate surface area is 144 Å². The Morgan fingerprint density at radius 1 is 1.21 bits per heavy atom. The molecular formula is C18H13ClN2O3. The minimum absolute atomic E-state index is 0.215. The summed E-state index contributed by atoms with van der Waals surface area (Å²) in [6, 6.07) is 14.3. The van der Waals surface area contributed by atoms with Crippen LogP contribution in [0.15, 0.2) is 53.1 Å². The number of nitrogens with zero attached hydrogens (tertiary/aromatic N) is 2. The number of rotatable bonds is 5. The first kappa shape index (κ1) is 15.9. The summed E-state index contributed by atoms with van der Waals surface area (Å²) in [5.74, 6) is 1.50. The number of aromatic nitrogens is 1. The van der Waals surface area contributed by atoms with E-state index in [-0.39, 0.29) is 6.61 Å². The number of ether oxygens (including phenoxy) is 2. The maximum atomic E-state index is 8.91. The van der Waals surface area contributed by atoms with E-state index < -0.39 is 0 Å². The Balaban J connectivity index is 1.73. The van der Waals surface area contributed by atoms with Gasteiger partial charge >= 0.3 is 0 Å². The maximum Gasteiger partial charge on any atom is 0.226 e. The molecule has 24 heavy (non-hydrogen) atoms. The van der Waals surface area contributed by atoms with Crippen molar-refractivity contribution in [2.24, 2.45) is 0 Å². The van der Waals surface area contributed by atoms with Crippen molar-refractivity contribution >= 4 is 11.6 Å². The molecular weight excluding hydrogens is 328 g/mol. The van der Waals surface area contributed by atoms with E-state index in [0.29, 0.717) is 33.7 Å². The molecule has 0 saturated carbocycles. The fourth-order valence-corrected chi connectivity index (χ4v) is 2.33. The molecule has 0 unspecified atom stereocenters. The monoisotopic (exact) mass is 340 g/mol. The van der Waals surface area contributed by atoms with E-state index in [1.807, 2.05) is 12.1 Å². The Hall–Kier alpha value is -2.97. The molecule has 3 rings (SSSR count). The zero-order chi connectivity index (χ0) is 16.9. The number of nitriles is 1. The summed E-state index contributed by atoms with van der Waals surface area (Å²) in [4.78, 5) is 4.38. The Bertz CT molecular complexity index is 899. The molecule has 3 aromatic rings. The van der Waals surface area contributed by atoms with Crippen molar-refractivity contribution in [3.63, 3.8) is 0 Å². The molecule has 0 amide bonds. The topological polar surface area (TPSA) is 68.3 Å². The highest BCUT2D eigenvalue weighted by atomic mass is 35.5. The zero-order valence-electron chi connectivity index (χ0n) is 12.8. The number of oxazole rings is 1. The Morgan fingerprint density at radius 2 is 2.08 bits per heavy atom. The van der Waals surface area contributed by atoms with E-state index in [4.69, 9.17) is 30.8 Å². The fourth-order valence-electron chi connectivity index (χ4n) is 2.14. The van der Waals surface area contributed by atoms with Gasteiger partial charge in [-0.25, -0.2) is 4.98 Å². The van der Waals surface area contributed by atoms with Crippen molar-refractivity contribution < 1.29 is 13.9 Å². The second kappa shape index (κ2) is 7.07. The lowest BCUT2D eigenvalue weighted by atomic mass is 10.2. The normalized spacial score (nSPS) is 10.2. The summed E-state index contributed by atoms with van der Waals surface area (Å²) in [6.07, 6.45) is 1.53. The van der Waals surface area contributed by atoms with Crippen molar-refractivity contribution in [1.29, 1.82) is 5.26 Å². The summed E-state index contributed by atoms with van der Waals surface area (Å²) in [5, 5.41) is 9.53. The summed E-state index contributed by atoms with van der Waals surface area (Å²) >= 11 is 5.97. The average Bonchev–Trinajstić information content (AvgIpc) is 3.09. The molecule has 0 bridgehead atoms. The number of halogens is 1. The molecule has 0 radical (unpaired) electrons. The summed E-state index contributed by atoms with van der Waals surface area (Å²) < 4.78 is 16.4. The van der Waals surface area contributed by atoms with Gasteiger partial charge in [-0.2, -0.15) is 5.26 Å². The largest absolute Gasteiger partial charge is 0.493 e. The Morgan fingerprint density at radius 3 is 2.83 bits per heavy atom. The van der Waals surface area contributed by atoms with Crippen LogP contribution in [0.1, 0.15) is 11.3 Å². The SMILES string of the molecule is COc1cc(C#N)ccc1OCc1coc(-c2cccc(Cl)c2)n1. The highest BCUT2D eigenvalue weighted by Gasteiger charge is 2.10. The number of benzene rings is 2. The first-order chi connectivity index (χ1) is 11.7. The molecule has 0 saturated heterocycles. The number of methoxy groups -OCH3 is 1. The zero-order valence-corrected chi connectivity index (χ0v) is 13.6. The van der Waals surface area contributed by atoms with Crippen LogP contribution < -0.4 is 9.47 Å². The minimum Gasteiger partial charge on any atom is -0.493 e. The van der Waals surface area contributed by atoms with Gasteiger partial charge in [-0.1, -0.05) is 17.7 Å². The van der Waals surface area contributed by atoms with E-state index in [9.17, 15) is 0 Å². The minimum atomic E-state index is 0.215. The summed E-state index contributed by atoms with van der Waals surface area (Å²) in [5.41, 5.74) is 1.94. The molecule has 0 aliphatic heterocycles. The van der Waals surface area contributed by atoms with Crippen LogP contribution in [0.4, 0.5) is 0 Å². The molecule has 2 aromatic carbocycles. The Kier molecular flexibility index (Phi) is 4.69. The van der Waals surface area contributed by atoms with Crippen LogP contribution in [0.3, 0.4) is 0 Å². The smallest absolute Gasteiger partial charge is 0.226 e. The predicted octanol–water partition coefficient (Wildman–Crippen LogP) is 4.45. The van der Waals surface area contributed by atoms with Crippen molar-refractivity contribution in [2.75, 3.05) is 7.11 Å². The van der Waals surface area contributed by atoms with Crippen LogP contribution in [0.5, 0.6) is 11.5 Å². The molecule has 5 nitrogen and oxygen atoms in total. The van der Waals surface area contributed by atoms with Crippen LogP contribution in [-0.2, 0) is 6.61 Å². The molecule has 0 aliphatic rings. The highest BCUT2D eigenvalue weighted by molar-refractivity contribution is 6.30. The van der Waals surface area contributed by atoms with Gasteiger partial charge in [0.15, 0.2) is 11.5 Å². The molecule has 0 N–H and O–H groups in total. The van der Waals surface area contributed by atoms with E-state index >= 15 is 0 Å². The van der Waals surface area contributed by atoms with Gasteiger partial charge in [0.2, 0.25) is 5.89 Å². The van der Waals surface area contributed by atoms with Crippen LogP contribution in [0.25, 0.3) is 11.5 Å². The maximum absolute atomic E-state index is 8.91. The molecule has 0 atom stereocenters. The van der Waals surface area contributed by atoms with Gasteiger partial charge < -0.3 is 13.9 Å². The molecule has 1 heterocycles. The third-order valence-electron chi connectivity index (χ3n) is 3.29. The first-order valence-electron chi connectivity index (χ1n) is 7.11. The lowest BCUT2D eigenvalue weighted by Crippen LogP contribution is -1.98. The van der Waals surface area contributed by atoms with E-state index in [0.717, 1.165) is 5.56 Å². The molecule has 0 fully saturated rings. The highest BCUT2D eigenvalue weighted by Crippen LogP contribution is 2.29. The number of hydrogen-bond donors (Lipinski definition) is 0. The summed E-state index contributed by atoms with van der Waals surface area (Å²) in [7, 11) is 1.52. The number of hydrogen-bond acceptors (Lipinski definition) is 5. The first-order valence-corrected chi connectivity index (χ1v) is 7.48. The molecule has 120 valence electrons. The van der Waals surface area contributed by atoms with Gasteiger partial charge in [-0.05, 0) is 30.3 Å². The third-order valence-corrected chi connectivity index (χ3v) is 3.53. The van der Waals surface area contributed by atoms with Crippen LogP contribution >= 0.6 is 11.6 Å². The van der Waals surface area contributed by atoms with Gasteiger partial charge in [0, 0.05) is 16.7 Å². The molecule has 1 aromatic heterocycles. The lowest BCUT2D eigenvalue weighted by Gasteiger charge is -2.09. The van der Waals surface area contributed by atoms with E-state index in [2.05, 4.69) is 11.1 Å². The van der Waals surface area contributed by atoms with E-state index in [1.165, 1.54) is 13.4 Å². The van der Waals surface area contributed by atoms with E-state index in [1.54, 1.807) is 30.3 Å². The van der Waals surface area contributed by atoms with Gasteiger partial charge in [0.05, 0.1) is 18.7 Å². The van der Waals surface area contributed by atoms with Crippen LogP contribution in [0, 0.1) is 11.3 Å². The second-order valence-electron chi connectivity index (χ2n) is 4.92. The predicted molar refractivity (Wildman–Crippen MR) is 89.0 cm³/mol. The second-order valence-corrected chi connectivity index (χ2v) is 5.36. The quantitative estimate of drug-likeness (QED) is 0.686. The van der Waals surface area contributed by atoms with Gasteiger partial charge in [0.1, 0.15) is 18.6 Å². The van der Waals surface area contributed by atoms with Crippen molar-refractivity contribution in [1.82, 2.24) is 4.98 Å². The van der Waals surface area contributed by atoms with Crippen molar-refractivity contribution in [3.05, 3.63) is 65.0 Å². The summed E-state index contributed by atoms with van der Waals surface area (Å²) in [6.45, 7) is 0.215. The van der Waals surface area contributed by atoms with Crippen LogP contribution in [-0.4, -0.2) is 12.1 Å². The molecule has 6 heteroatoms. The third kappa shape index (κ3) is 3.50. The standard InChI is InChI=1S/C18H13ClN2O3/c1-22-17-7-12(9-20)5-6-16(17)23-10-15-11-24-18(21-15)13-3-2-4-14(19)8-13/h2-8,11H,10H2,1H3. The lowest BCUT2D eigenvalue weighted by molar-refractivity contribution is 0.280.